The molecule has 5 heteroatoms. The van der Waals surface area contributed by atoms with Crippen LogP contribution in [0.1, 0.15) is 16.5 Å². The number of methoxy groups -OCH3 is 1. The molecule has 1 aromatic heterocycles. The first-order chi connectivity index (χ1) is 9.11. The fourth-order valence-corrected chi connectivity index (χ4v) is 2.87. The zero-order valence-corrected chi connectivity index (χ0v) is 12.8. The van der Waals surface area contributed by atoms with Gasteiger partial charge in [0, 0.05) is 15.8 Å². The van der Waals surface area contributed by atoms with Gasteiger partial charge in [-0.25, -0.2) is 0 Å². The number of carbonyl (C=O) groups excluding carboxylic acids is 1. The van der Waals surface area contributed by atoms with Crippen LogP contribution in [-0.4, -0.2) is 12.9 Å². The van der Waals surface area contributed by atoms with Crippen LogP contribution in [0, 0.1) is 0 Å². The molecule has 0 saturated heterocycles. The fourth-order valence-electron chi connectivity index (χ4n) is 1.74. The van der Waals surface area contributed by atoms with E-state index in [1.807, 2.05) is 35.7 Å². The number of Topliss-reactive ketones (excluding diaryl/α,β-unsaturated/α-hetero) is 1. The van der Waals surface area contributed by atoms with Crippen molar-refractivity contribution in [2.45, 2.75) is 12.5 Å². The van der Waals surface area contributed by atoms with Crippen LogP contribution in [0.3, 0.4) is 0 Å². The van der Waals surface area contributed by atoms with Gasteiger partial charge in [0.15, 0.2) is 5.78 Å². The molecule has 1 unspecified atom stereocenters. The van der Waals surface area contributed by atoms with Crippen LogP contribution in [-0.2, 0) is 11.2 Å². The van der Waals surface area contributed by atoms with E-state index in [0.29, 0.717) is 0 Å². The summed E-state index contributed by atoms with van der Waals surface area (Å²) in [5, 5.41) is 1.92. The summed E-state index contributed by atoms with van der Waals surface area (Å²) in [5.74, 6) is 0.729. The van der Waals surface area contributed by atoms with Crippen LogP contribution in [0.15, 0.2) is 40.2 Å². The highest BCUT2D eigenvalue weighted by Gasteiger charge is 2.18. The maximum Gasteiger partial charge on any atom is 0.159 e. The predicted molar refractivity (Wildman–Crippen MR) is 80.7 cm³/mol. The first-order valence-corrected chi connectivity index (χ1v) is 7.43. The van der Waals surface area contributed by atoms with Gasteiger partial charge in [-0.05, 0) is 35.2 Å². The third-order valence-corrected chi connectivity index (χ3v) is 4.54. The van der Waals surface area contributed by atoms with Gasteiger partial charge in [-0.1, -0.05) is 22.0 Å². The van der Waals surface area contributed by atoms with Gasteiger partial charge in [0.25, 0.3) is 0 Å². The lowest BCUT2D eigenvalue weighted by molar-refractivity contribution is -0.119. The second-order valence-electron chi connectivity index (χ2n) is 4.09. The van der Waals surface area contributed by atoms with Crippen molar-refractivity contribution in [1.29, 1.82) is 0 Å². The van der Waals surface area contributed by atoms with Gasteiger partial charge < -0.3 is 10.5 Å². The van der Waals surface area contributed by atoms with Gasteiger partial charge in [-0.15, -0.1) is 11.3 Å². The number of hydrogen-bond donors (Lipinski definition) is 1. The summed E-state index contributed by atoms with van der Waals surface area (Å²) in [7, 11) is 1.60. The van der Waals surface area contributed by atoms with Crippen molar-refractivity contribution in [2.24, 2.45) is 5.73 Å². The predicted octanol–water partition coefficient (Wildman–Crippen LogP) is 3.33. The Morgan fingerprint density at radius 2 is 2.26 bits per heavy atom. The maximum atomic E-state index is 12.2. The quantitative estimate of drug-likeness (QED) is 0.908. The molecule has 0 amide bonds. The van der Waals surface area contributed by atoms with E-state index >= 15 is 0 Å². The number of ether oxygens (including phenoxy) is 1. The smallest absolute Gasteiger partial charge is 0.159 e. The van der Waals surface area contributed by atoms with Crippen LogP contribution in [0.5, 0.6) is 5.75 Å². The van der Waals surface area contributed by atoms with Gasteiger partial charge in [-0.2, -0.15) is 0 Å². The van der Waals surface area contributed by atoms with Crippen molar-refractivity contribution in [3.63, 3.8) is 0 Å². The summed E-state index contributed by atoms with van der Waals surface area (Å²) >= 11 is 4.94. The largest absolute Gasteiger partial charge is 0.497 e. The molecule has 2 rings (SSSR count). The van der Waals surface area contributed by atoms with Crippen LogP contribution in [0.2, 0.25) is 0 Å². The van der Waals surface area contributed by atoms with Gasteiger partial charge in [-0.3, -0.25) is 4.79 Å². The minimum atomic E-state index is -0.557. The van der Waals surface area contributed by atoms with E-state index in [2.05, 4.69) is 15.9 Å². The molecule has 1 heterocycles. The number of halogens is 1. The van der Waals surface area contributed by atoms with Crippen LogP contribution in [0.25, 0.3) is 0 Å². The SMILES string of the molecule is COc1ccc(Br)c(CC(=O)C(N)c2cccs2)c1. The Labute approximate surface area is 124 Å². The monoisotopic (exact) mass is 339 g/mol. The van der Waals surface area contributed by atoms with E-state index in [1.54, 1.807) is 7.11 Å². The first kappa shape index (κ1) is 14.2. The number of nitrogens with two attached hydrogens (primary N) is 1. The van der Waals surface area contributed by atoms with E-state index in [4.69, 9.17) is 10.5 Å². The molecule has 0 aliphatic rings. The van der Waals surface area contributed by atoms with Gasteiger partial charge in [0.2, 0.25) is 0 Å². The second-order valence-corrected chi connectivity index (χ2v) is 5.93. The third kappa shape index (κ3) is 3.43. The molecule has 19 heavy (non-hydrogen) atoms. The lowest BCUT2D eigenvalue weighted by atomic mass is 10.0. The topological polar surface area (TPSA) is 52.3 Å². The molecule has 3 nitrogen and oxygen atoms in total. The Morgan fingerprint density at radius 3 is 2.89 bits per heavy atom. The molecule has 0 spiro atoms. The number of hydrogen-bond acceptors (Lipinski definition) is 4. The summed E-state index contributed by atoms with van der Waals surface area (Å²) in [6.07, 6.45) is 0.289. The van der Waals surface area contributed by atoms with Crippen molar-refractivity contribution in [2.75, 3.05) is 7.11 Å². The summed E-state index contributed by atoms with van der Waals surface area (Å²) < 4.78 is 6.05. The van der Waals surface area contributed by atoms with Gasteiger partial charge in [0.05, 0.1) is 13.2 Å². The van der Waals surface area contributed by atoms with Crippen LogP contribution < -0.4 is 10.5 Å². The molecular weight excluding hydrogens is 326 g/mol. The molecule has 0 bridgehead atoms. The van der Waals surface area contributed by atoms with Crippen molar-refractivity contribution < 1.29 is 9.53 Å². The van der Waals surface area contributed by atoms with Gasteiger partial charge in [0.1, 0.15) is 5.75 Å². The number of ketones is 1. The Hall–Kier alpha value is -1.17. The minimum absolute atomic E-state index is 0.00333. The first-order valence-electron chi connectivity index (χ1n) is 5.76. The van der Waals surface area contributed by atoms with Crippen LogP contribution >= 0.6 is 27.3 Å². The summed E-state index contributed by atoms with van der Waals surface area (Å²) in [6.45, 7) is 0. The van der Waals surface area contributed by atoms with Crippen molar-refractivity contribution in [3.05, 3.63) is 50.6 Å². The van der Waals surface area contributed by atoms with E-state index in [1.165, 1.54) is 11.3 Å². The average Bonchev–Trinajstić information content (AvgIpc) is 2.94. The van der Waals surface area contributed by atoms with Gasteiger partial charge >= 0.3 is 0 Å². The average molecular weight is 340 g/mol. The molecule has 0 radical (unpaired) electrons. The zero-order chi connectivity index (χ0) is 13.8. The molecule has 2 N–H and O–H groups in total. The molecule has 1 aromatic carbocycles. The van der Waals surface area contributed by atoms with Crippen molar-refractivity contribution in [1.82, 2.24) is 0 Å². The lowest BCUT2D eigenvalue weighted by Crippen LogP contribution is -2.22. The highest BCUT2D eigenvalue weighted by Crippen LogP contribution is 2.25. The number of carbonyl (C=O) groups is 1. The highest BCUT2D eigenvalue weighted by molar-refractivity contribution is 9.10. The number of benzene rings is 1. The van der Waals surface area contributed by atoms with Crippen molar-refractivity contribution in [3.8, 4) is 5.75 Å². The zero-order valence-electron chi connectivity index (χ0n) is 10.4. The molecule has 0 aliphatic heterocycles. The van der Waals surface area contributed by atoms with E-state index in [0.717, 1.165) is 20.7 Å². The van der Waals surface area contributed by atoms with E-state index in [9.17, 15) is 4.79 Å². The molecule has 0 saturated carbocycles. The minimum Gasteiger partial charge on any atom is -0.497 e. The molecule has 1 atom stereocenters. The highest BCUT2D eigenvalue weighted by atomic mass is 79.9. The summed E-state index contributed by atoms with van der Waals surface area (Å²) in [5.41, 5.74) is 6.85. The maximum absolute atomic E-state index is 12.2. The molecule has 100 valence electrons. The van der Waals surface area contributed by atoms with E-state index < -0.39 is 6.04 Å². The van der Waals surface area contributed by atoms with E-state index in [-0.39, 0.29) is 12.2 Å². The molecule has 2 aromatic rings. The molecule has 0 aliphatic carbocycles. The third-order valence-electron chi connectivity index (χ3n) is 2.81. The Bertz CT molecular complexity index is 569. The molecule has 0 fully saturated rings. The number of thiophene rings is 1. The summed E-state index contributed by atoms with van der Waals surface area (Å²) in [6, 6.07) is 8.79. The standard InChI is InChI=1S/C14H14BrNO2S/c1-18-10-4-5-11(15)9(7-10)8-12(17)14(16)13-3-2-6-19-13/h2-7,14H,8,16H2,1H3. The Kier molecular flexibility index (Phi) is 4.74. The Morgan fingerprint density at radius 1 is 1.47 bits per heavy atom. The van der Waals surface area contributed by atoms with Crippen molar-refractivity contribution >= 4 is 33.0 Å². The van der Waals surface area contributed by atoms with Crippen LogP contribution in [0.4, 0.5) is 0 Å². The molecular formula is C14H14BrNO2S. The Balaban J connectivity index is 2.14. The number of rotatable bonds is 5. The summed E-state index contributed by atoms with van der Waals surface area (Å²) in [4.78, 5) is 13.1. The second kappa shape index (κ2) is 6.32. The lowest BCUT2D eigenvalue weighted by Gasteiger charge is -2.10. The normalized spacial score (nSPS) is 12.2. The fraction of sp³-hybridized carbons (Fsp3) is 0.214.